The average Bonchev–Trinajstić information content (AvgIpc) is 3.50. The highest BCUT2D eigenvalue weighted by atomic mass is 32.1. The van der Waals surface area contributed by atoms with Crippen molar-refractivity contribution >= 4 is 34.0 Å². The third kappa shape index (κ3) is 5.65. The summed E-state index contributed by atoms with van der Waals surface area (Å²) >= 11 is 1.88. The summed E-state index contributed by atoms with van der Waals surface area (Å²) < 4.78 is 0. The first-order valence-corrected chi connectivity index (χ1v) is 13.2. The second kappa shape index (κ2) is 10.4. The molecule has 2 aliphatic rings. The molecule has 3 heterocycles. The lowest BCUT2D eigenvalue weighted by Crippen LogP contribution is -2.39. The number of hydrogen-bond acceptors (Lipinski definition) is 7. The molecule has 6 nitrogen and oxygen atoms in total. The molecule has 2 N–H and O–H groups in total. The summed E-state index contributed by atoms with van der Waals surface area (Å²) in [5.41, 5.74) is 0.999. The summed E-state index contributed by atoms with van der Waals surface area (Å²) in [5, 5.41) is 10.8. The number of rotatable bonds is 8. The predicted octanol–water partition coefficient (Wildman–Crippen LogP) is 4.59. The van der Waals surface area contributed by atoms with E-state index >= 15 is 0 Å². The van der Waals surface area contributed by atoms with Gasteiger partial charge in [-0.05, 0) is 74.7 Å². The zero-order valence-electron chi connectivity index (χ0n) is 19.8. The number of fused-ring (bicyclic) bond motifs is 1. The highest BCUT2D eigenvalue weighted by Crippen LogP contribution is 2.27. The van der Waals surface area contributed by atoms with Crippen LogP contribution < -0.4 is 15.5 Å². The number of benzene rings is 1. The molecule has 1 aliphatic carbocycles. The Hall–Kier alpha value is -2.22. The van der Waals surface area contributed by atoms with Crippen LogP contribution in [0.4, 0.5) is 11.8 Å². The lowest BCUT2D eigenvalue weighted by Gasteiger charge is -2.30. The van der Waals surface area contributed by atoms with Crippen LogP contribution in [0, 0.1) is 5.92 Å². The number of thiophene rings is 1. The van der Waals surface area contributed by atoms with Crippen LogP contribution in [0.15, 0.2) is 41.8 Å². The Morgan fingerprint density at radius 1 is 1.00 bits per heavy atom. The van der Waals surface area contributed by atoms with E-state index in [9.17, 15) is 0 Å². The van der Waals surface area contributed by atoms with Crippen molar-refractivity contribution in [3.63, 3.8) is 0 Å². The fourth-order valence-electron chi connectivity index (χ4n) is 5.27. The van der Waals surface area contributed by atoms with E-state index in [1.807, 2.05) is 37.6 Å². The van der Waals surface area contributed by atoms with E-state index in [1.165, 1.54) is 50.1 Å². The third-order valence-electron chi connectivity index (χ3n) is 7.09. The van der Waals surface area contributed by atoms with Gasteiger partial charge in [0.2, 0.25) is 5.95 Å². The summed E-state index contributed by atoms with van der Waals surface area (Å²) in [6.45, 7) is 4.75. The number of nitrogens with zero attached hydrogens (tertiary/aromatic N) is 4. The summed E-state index contributed by atoms with van der Waals surface area (Å²) in [5.74, 6) is 2.52. The van der Waals surface area contributed by atoms with Crippen molar-refractivity contribution in [3.8, 4) is 0 Å². The Kier molecular flexibility index (Phi) is 7.09. The van der Waals surface area contributed by atoms with Gasteiger partial charge >= 0.3 is 0 Å². The van der Waals surface area contributed by atoms with Crippen molar-refractivity contribution in [2.24, 2.45) is 5.92 Å². The zero-order chi connectivity index (χ0) is 22.6. The normalized spacial score (nSPS) is 23.8. The lowest BCUT2D eigenvalue weighted by molar-refractivity contribution is 0.302. The van der Waals surface area contributed by atoms with E-state index in [1.54, 1.807) is 0 Å². The molecule has 0 spiro atoms. The largest absolute Gasteiger partial charge is 0.362 e. The molecule has 1 aromatic carbocycles. The highest BCUT2D eigenvalue weighted by Gasteiger charge is 2.26. The quantitative estimate of drug-likeness (QED) is 0.508. The van der Waals surface area contributed by atoms with Crippen LogP contribution in [0.5, 0.6) is 0 Å². The molecule has 1 saturated heterocycles. The van der Waals surface area contributed by atoms with Gasteiger partial charge in [0.15, 0.2) is 0 Å². The minimum atomic E-state index is 0.451. The van der Waals surface area contributed by atoms with Crippen LogP contribution in [0.25, 0.3) is 10.9 Å². The minimum absolute atomic E-state index is 0.451. The maximum Gasteiger partial charge on any atom is 0.225 e. The van der Waals surface area contributed by atoms with Crippen LogP contribution in [0.1, 0.15) is 37.0 Å². The molecular formula is C26H36N6S. The van der Waals surface area contributed by atoms with E-state index in [-0.39, 0.29) is 0 Å². The Morgan fingerprint density at radius 3 is 2.61 bits per heavy atom. The van der Waals surface area contributed by atoms with Gasteiger partial charge in [-0.15, -0.1) is 11.3 Å². The first-order valence-electron chi connectivity index (χ1n) is 12.3. The number of aromatic nitrogens is 2. The van der Waals surface area contributed by atoms with Crippen molar-refractivity contribution in [2.75, 3.05) is 43.9 Å². The molecule has 5 rings (SSSR count). The molecule has 7 heteroatoms. The van der Waals surface area contributed by atoms with Gasteiger partial charge in [0.1, 0.15) is 5.82 Å². The molecule has 0 bridgehead atoms. The maximum atomic E-state index is 4.82. The van der Waals surface area contributed by atoms with Gasteiger partial charge in [-0.25, -0.2) is 4.98 Å². The molecule has 3 aromatic rings. The fourth-order valence-corrected chi connectivity index (χ4v) is 6.02. The van der Waals surface area contributed by atoms with E-state index in [4.69, 9.17) is 9.97 Å². The molecular weight excluding hydrogens is 428 g/mol. The number of likely N-dealkylation sites (tertiary alicyclic amines) is 1. The van der Waals surface area contributed by atoms with Gasteiger partial charge in [0, 0.05) is 49.5 Å². The van der Waals surface area contributed by atoms with Gasteiger partial charge in [-0.3, -0.25) is 4.90 Å². The van der Waals surface area contributed by atoms with Crippen LogP contribution in [-0.2, 0) is 6.54 Å². The van der Waals surface area contributed by atoms with Crippen molar-refractivity contribution in [1.82, 2.24) is 20.2 Å². The van der Waals surface area contributed by atoms with Gasteiger partial charge in [0.25, 0.3) is 0 Å². The molecule has 2 aromatic heterocycles. The molecule has 33 heavy (non-hydrogen) atoms. The number of para-hydroxylation sites is 1. The maximum absolute atomic E-state index is 4.82. The van der Waals surface area contributed by atoms with Crippen molar-refractivity contribution < 1.29 is 0 Å². The third-order valence-corrected chi connectivity index (χ3v) is 7.95. The van der Waals surface area contributed by atoms with E-state index in [0.29, 0.717) is 12.1 Å². The summed E-state index contributed by atoms with van der Waals surface area (Å²) in [4.78, 5) is 15.8. The Morgan fingerprint density at radius 2 is 1.82 bits per heavy atom. The molecule has 0 radical (unpaired) electrons. The van der Waals surface area contributed by atoms with Crippen LogP contribution in [0.3, 0.4) is 0 Å². The Labute approximate surface area is 201 Å². The van der Waals surface area contributed by atoms with Crippen LogP contribution in [-0.4, -0.2) is 60.7 Å². The van der Waals surface area contributed by atoms with Gasteiger partial charge in [-0.2, -0.15) is 4.98 Å². The Balaban J connectivity index is 1.08. The molecule has 1 saturated carbocycles. The second-order valence-corrected chi connectivity index (χ2v) is 10.9. The van der Waals surface area contributed by atoms with Crippen molar-refractivity contribution in [2.45, 2.75) is 50.7 Å². The molecule has 2 fully saturated rings. The first-order chi connectivity index (χ1) is 16.1. The van der Waals surface area contributed by atoms with E-state index in [0.717, 1.165) is 41.7 Å². The monoisotopic (exact) mass is 464 g/mol. The molecule has 1 atom stereocenters. The lowest BCUT2D eigenvalue weighted by atomic mass is 9.91. The standard InChI is InChI=1S/C26H36N6S/c1-31(2)25-23-7-3-4-8-24(23)29-26(30-25)28-21-11-9-20(10-12-21)27-16-19-13-14-32(17-19)18-22-6-5-15-33-22/h3-8,15,19-21,27H,9-14,16-18H2,1-2H3,(H,28,29,30)/t19?,20-,21+. The minimum Gasteiger partial charge on any atom is -0.362 e. The van der Waals surface area contributed by atoms with Gasteiger partial charge in [-0.1, -0.05) is 18.2 Å². The number of hydrogen-bond donors (Lipinski definition) is 2. The molecule has 0 amide bonds. The smallest absolute Gasteiger partial charge is 0.225 e. The van der Waals surface area contributed by atoms with Crippen molar-refractivity contribution in [3.05, 3.63) is 46.7 Å². The zero-order valence-corrected chi connectivity index (χ0v) is 20.7. The predicted molar refractivity (Wildman–Crippen MR) is 139 cm³/mol. The van der Waals surface area contributed by atoms with Crippen molar-refractivity contribution in [1.29, 1.82) is 0 Å². The first kappa shape index (κ1) is 22.6. The summed E-state index contributed by atoms with van der Waals surface area (Å²) in [6, 6.07) is 13.8. The van der Waals surface area contributed by atoms with Crippen LogP contribution >= 0.6 is 11.3 Å². The van der Waals surface area contributed by atoms with E-state index < -0.39 is 0 Å². The molecule has 176 valence electrons. The summed E-state index contributed by atoms with van der Waals surface area (Å²) in [6.07, 6.45) is 6.10. The number of nitrogens with one attached hydrogen (secondary N) is 2. The average molecular weight is 465 g/mol. The number of anilines is 2. The summed E-state index contributed by atoms with van der Waals surface area (Å²) in [7, 11) is 4.09. The Bertz CT molecular complexity index is 1030. The fraction of sp³-hybridized carbons (Fsp3) is 0.538. The molecule has 1 unspecified atom stereocenters. The molecule has 1 aliphatic heterocycles. The SMILES string of the molecule is CN(C)c1nc(N[C@H]2CC[C@@H](NCC3CCN(Cc4cccs4)C3)CC2)nc2ccccc12. The highest BCUT2D eigenvalue weighted by molar-refractivity contribution is 7.09. The topological polar surface area (TPSA) is 56.3 Å². The van der Waals surface area contributed by atoms with Gasteiger partial charge < -0.3 is 15.5 Å². The second-order valence-electron chi connectivity index (χ2n) is 9.85. The van der Waals surface area contributed by atoms with Gasteiger partial charge in [0.05, 0.1) is 5.52 Å². The van der Waals surface area contributed by atoms with E-state index in [2.05, 4.69) is 50.1 Å². The van der Waals surface area contributed by atoms with Crippen LogP contribution in [0.2, 0.25) is 0 Å².